The summed E-state index contributed by atoms with van der Waals surface area (Å²) in [4.78, 5) is 25.1. The monoisotopic (exact) mass is 354 g/mol. The van der Waals surface area contributed by atoms with E-state index in [1.807, 2.05) is 24.3 Å². The van der Waals surface area contributed by atoms with Gasteiger partial charge in [-0.1, -0.05) is 29.8 Å². The molecule has 2 aromatic rings. The molecule has 5 nitrogen and oxygen atoms in total. The summed E-state index contributed by atoms with van der Waals surface area (Å²) in [5.74, 6) is -1.03. The predicted molar refractivity (Wildman–Crippen MR) is 93.0 cm³/mol. The maximum atomic E-state index is 11.3. The van der Waals surface area contributed by atoms with E-state index in [4.69, 9.17) is 11.6 Å². The van der Waals surface area contributed by atoms with E-state index >= 15 is 0 Å². The Labute approximate surface area is 143 Å². The van der Waals surface area contributed by atoms with Crippen LogP contribution >= 0.6 is 22.9 Å². The summed E-state index contributed by atoms with van der Waals surface area (Å²) in [5, 5.41) is 13.6. The van der Waals surface area contributed by atoms with Crippen LogP contribution in [0.2, 0.25) is 5.02 Å². The number of carboxylic acid groups (broad SMARTS) is 1. The Kier molecular flexibility index (Phi) is 5.98. The fourth-order valence-electron chi connectivity index (χ4n) is 2.29. The van der Waals surface area contributed by atoms with Crippen molar-refractivity contribution in [2.45, 2.75) is 26.4 Å². The Hall–Kier alpha value is -1.63. The topological polar surface area (TPSA) is 69.6 Å². The molecule has 0 saturated carbocycles. The van der Waals surface area contributed by atoms with Gasteiger partial charge in [-0.05, 0) is 13.0 Å². The second-order valence-electron chi connectivity index (χ2n) is 5.30. The zero-order chi connectivity index (χ0) is 17.0. The van der Waals surface area contributed by atoms with E-state index in [9.17, 15) is 14.7 Å². The van der Waals surface area contributed by atoms with Gasteiger partial charge in [0.05, 0.1) is 5.02 Å². The molecule has 0 fully saturated rings. The van der Waals surface area contributed by atoms with Crippen molar-refractivity contribution in [2.24, 2.45) is 0 Å². The highest BCUT2D eigenvalue weighted by atomic mass is 35.5. The summed E-state index contributed by atoms with van der Waals surface area (Å²) in [6, 6.07) is 7.18. The standard InChI is InChI=1S/C16H19ClN2O3S/c1-10(16(21)22)19(8-7-18-11(2)20)9-14-15(17)12-5-3-4-6-13(12)23-14/h3-6,10H,7-9H2,1-2H3,(H,18,20)(H,21,22). The Bertz CT molecular complexity index is 716. The smallest absolute Gasteiger partial charge is 0.320 e. The molecular formula is C16H19ClN2O3S. The first-order valence-electron chi connectivity index (χ1n) is 7.27. The molecule has 0 aliphatic rings. The summed E-state index contributed by atoms with van der Waals surface area (Å²) in [6.45, 7) is 4.35. The van der Waals surface area contributed by atoms with Crippen LogP contribution in [0.4, 0.5) is 0 Å². The third kappa shape index (κ3) is 4.43. The minimum absolute atomic E-state index is 0.132. The molecule has 1 unspecified atom stereocenters. The highest BCUT2D eigenvalue weighted by Crippen LogP contribution is 2.36. The zero-order valence-corrected chi connectivity index (χ0v) is 14.6. The van der Waals surface area contributed by atoms with E-state index in [-0.39, 0.29) is 5.91 Å². The van der Waals surface area contributed by atoms with Crippen molar-refractivity contribution in [3.05, 3.63) is 34.2 Å². The van der Waals surface area contributed by atoms with Crippen LogP contribution in [0.25, 0.3) is 10.1 Å². The maximum Gasteiger partial charge on any atom is 0.320 e. The van der Waals surface area contributed by atoms with Crippen LogP contribution < -0.4 is 5.32 Å². The van der Waals surface area contributed by atoms with Gasteiger partial charge >= 0.3 is 5.97 Å². The summed E-state index contributed by atoms with van der Waals surface area (Å²) >= 11 is 8.00. The minimum atomic E-state index is -0.898. The van der Waals surface area contributed by atoms with Crippen molar-refractivity contribution in [3.63, 3.8) is 0 Å². The molecule has 0 saturated heterocycles. The number of carbonyl (C=O) groups is 2. The van der Waals surface area contributed by atoms with Gasteiger partial charge in [0.2, 0.25) is 5.91 Å². The number of carbonyl (C=O) groups excluding carboxylic acids is 1. The van der Waals surface area contributed by atoms with Crippen LogP contribution in [-0.4, -0.2) is 41.0 Å². The summed E-state index contributed by atoms with van der Waals surface area (Å²) in [5.41, 5.74) is 0. The minimum Gasteiger partial charge on any atom is -0.480 e. The summed E-state index contributed by atoms with van der Waals surface area (Å²) in [7, 11) is 0. The Morgan fingerprint density at radius 3 is 2.70 bits per heavy atom. The van der Waals surface area contributed by atoms with Crippen LogP contribution in [0.5, 0.6) is 0 Å². The second kappa shape index (κ2) is 7.77. The average Bonchev–Trinajstić information content (AvgIpc) is 2.82. The van der Waals surface area contributed by atoms with Gasteiger partial charge in [-0.3, -0.25) is 14.5 Å². The lowest BCUT2D eigenvalue weighted by atomic mass is 10.2. The van der Waals surface area contributed by atoms with Crippen molar-refractivity contribution in [2.75, 3.05) is 13.1 Å². The number of benzene rings is 1. The first kappa shape index (κ1) is 17.7. The van der Waals surface area contributed by atoms with Gasteiger partial charge < -0.3 is 10.4 Å². The molecule has 0 aliphatic heterocycles. The number of halogens is 1. The van der Waals surface area contributed by atoms with Crippen LogP contribution in [0.15, 0.2) is 24.3 Å². The predicted octanol–water partition coefficient (Wildman–Crippen LogP) is 2.97. The number of aliphatic carboxylic acids is 1. The lowest BCUT2D eigenvalue weighted by Crippen LogP contribution is -2.42. The van der Waals surface area contributed by atoms with Crippen LogP contribution in [0.3, 0.4) is 0 Å². The number of hydrogen-bond donors (Lipinski definition) is 2. The second-order valence-corrected chi connectivity index (χ2v) is 6.82. The fraction of sp³-hybridized carbons (Fsp3) is 0.375. The van der Waals surface area contributed by atoms with Gasteiger partial charge in [0.25, 0.3) is 0 Å². The number of amides is 1. The van der Waals surface area contributed by atoms with Gasteiger partial charge in [-0.2, -0.15) is 0 Å². The number of nitrogens with zero attached hydrogens (tertiary/aromatic N) is 1. The molecule has 1 atom stereocenters. The average molecular weight is 355 g/mol. The molecule has 23 heavy (non-hydrogen) atoms. The third-order valence-electron chi connectivity index (χ3n) is 3.63. The largest absolute Gasteiger partial charge is 0.480 e. The molecular weight excluding hydrogens is 336 g/mol. The number of hydrogen-bond acceptors (Lipinski definition) is 4. The van der Waals surface area contributed by atoms with Gasteiger partial charge in [0.1, 0.15) is 6.04 Å². The highest BCUT2D eigenvalue weighted by Gasteiger charge is 2.22. The van der Waals surface area contributed by atoms with Crippen LogP contribution in [0, 0.1) is 0 Å². The van der Waals surface area contributed by atoms with E-state index in [0.717, 1.165) is 15.0 Å². The number of carboxylic acids is 1. The van der Waals surface area contributed by atoms with Crippen LogP contribution in [0.1, 0.15) is 18.7 Å². The molecule has 1 heterocycles. The molecule has 0 bridgehead atoms. The van der Waals surface area contributed by atoms with E-state index in [1.54, 1.807) is 23.2 Å². The van der Waals surface area contributed by atoms with E-state index < -0.39 is 12.0 Å². The number of thiophene rings is 1. The van der Waals surface area contributed by atoms with Gasteiger partial charge in [-0.25, -0.2) is 0 Å². The van der Waals surface area contributed by atoms with E-state index in [0.29, 0.717) is 24.7 Å². The Morgan fingerprint density at radius 1 is 1.39 bits per heavy atom. The van der Waals surface area contributed by atoms with Gasteiger partial charge in [-0.15, -0.1) is 11.3 Å². The lowest BCUT2D eigenvalue weighted by Gasteiger charge is -2.25. The lowest BCUT2D eigenvalue weighted by molar-refractivity contribution is -0.142. The molecule has 1 aromatic carbocycles. The first-order chi connectivity index (χ1) is 10.9. The molecule has 7 heteroatoms. The summed E-state index contributed by atoms with van der Waals surface area (Å²) in [6.07, 6.45) is 0. The van der Waals surface area contributed by atoms with Crippen molar-refractivity contribution in [1.82, 2.24) is 10.2 Å². The molecule has 2 rings (SSSR count). The molecule has 1 aromatic heterocycles. The van der Waals surface area contributed by atoms with Crippen molar-refractivity contribution >= 4 is 44.9 Å². The Morgan fingerprint density at radius 2 is 2.09 bits per heavy atom. The van der Waals surface area contributed by atoms with Gasteiger partial charge in [0.15, 0.2) is 0 Å². The fourth-order valence-corrected chi connectivity index (χ4v) is 3.81. The molecule has 0 radical (unpaired) electrons. The number of fused-ring (bicyclic) bond motifs is 1. The number of rotatable bonds is 7. The normalized spacial score (nSPS) is 12.5. The van der Waals surface area contributed by atoms with Gasteiger partial charge in [0, 0.05) is 41.5 Å². The maximum absolute atomic E-state index is 11.3. The van der Waals surface area contributed by atoms with E-state index in [1.165, 1.54) is 6.92 Å². The van der Waals surface area contributed by atoms with Crippen molar-refractivity contribution < 1.29 is 14.7 Å². The number of nitrogens with one attached hydrogen (secondary N) is 1. The molecule has 0 spiro atoms. The SMILES string of the molecule is CC(=O)NCCN(Cc1sc2ccccc2c1Cl)C(C)C(=O)O. The van der Waals surface area contributed by atoms with Crippen molar-refractivity contribution in [3.8, 4) is 0 Å². The quantitative estimate of drug-likeness (QED) is 0.802. The zero-order valence-electron chi connectivity index (χ0n) is 13.0. The molecule has 124 valence electrons. The first-order valence-corrected chi connectivity index (χ1v) is 8.46. The van der Waals surface area contributed by atoms with E-state index in [2.05, 4.69) is 5.32 Å². The van der Waals surface area contributed by atoms with Crippen molar-refractivity contribution in [1.29, 1.82) is 0 Å². The van der Waals surface area contributed by atoms with Crippen LogP contribution in [-0.2, 0) is 16.1 Å². The molecule has 0 aliphatic carbocycles. The summed E-state index contributed by atoms with van der Waals surface area (Å²) < 4.78 is 1.08. The third-order valence-corrected chi connectivity index (χ3v) is 5.33. The molecule has 2 N–H and O–H groups in total. The Balaban J connectivity index is 2.19. The highest BCUT2D eigenvalue weighted by molar-refractivity contribution is 7.19. The molecule has 1 amide bonds.